The molecule has 0 atom stereocenters. The Balaban J connectivity index is 1.45. The summed E-state index contributed by atoms with van der Waals surface area (Å²) in [6, 6.07) is 9.98. The van der Waals surface area contributed by atoms with Gasteiger partial charge >= 0.3 is 6.18 Å². The highest BCUT2D eigenvalue weighted by molar-refractivity contribution is 6.32. The van der Waals surface area contributed by atoms with Gasteiger partial charge in [0.05, 0.1) is 22.8 Å². The van der Waals surface area contributed by atoms with Crippen LogP contribution in [-0.4, -0.2) is 45.3 Å². The number of hydrogen-bond donors (Lipinski definition) is 2. The van der Waals surface area contributed by atoms with Crippen LogP contribution in [0.5, 0.6) is 0 Å². The fraction of sp³-hybridized carbons (Fsp3) is 0.238. The molecule has 3 heterocycles. The van der Waals surface area contributed by atoms with Gasteiger partial charge in [-0.2, -0.15) is 18.4 Å². The van der Waals surface area contributed by atoms with Gasteiger partial charge in [0.2, 0.25) is 0 Å². The molecular weight excluding hydrogens is 473 g/mol. The number of nitrogens with zero attached hydrogens (tertiary/aromatic N) is 6. The molecule has 0 unspecified atom stereocenters. The molecule has 1 aliphatic heterocycles. The van der Waals surface area contributed by atoms with Crippen LogP contribution in [0.1, 0.15) is 27.3 Å². The van der Waals surface area contributed by atoms with E-state index >= 15 is 0 Å². The Morgan fingerprint density at radius 1 is 1.21 bits per heavy atom. The van der Waals surface area contributed by atoms with Gasteiger partial charge in [-0.15, -0.1) is 10.2 Å². The quantitative estimate of drug-likeness (QED) is 0.561. The monoisotopic (exact) mass is 488 g/mol. The Hall–Kier alpha value is -3.98. The summed E-state index contributed by atoms with van der Waals surface area (Å²) in [6.07, 6.45) is -2.50. The van der Waals surface area contributed by atoms with Crippen molar-refractivity contribution in [3.05, 3.63) is 64.2 Å². The third-order valence-electron chi connectivity index (χ3n) is 5.04. The van der Waals surface area contributed by atoms with E-state index in [2.05, 4.69) is 30.4 Å². The van der Waals surface area contributed by atoms with Crippen molar-refractivity contribution in [1.29, 1.82) is 5.26 Å². The number of benzene rings is 1. The Morgan fingerprint density at radius 2 is 2.03 bits per heavy atom. The topological polar surface area (TPSA) is 120 Å². The van der Waals surface area contributed by atoms with Crippen LogP contribution >= 0.6 is 11.6 Å². The third-order valence-corrected chi connectivity index (χ3v) is 5.35. The van der Waals surface area contributed by atoms with Crippen molar-refractivity contribution in [3.8, 4) is 6.07 Å². The van der Waals surface area contributed by atoms with Crippen molar-refractivity contribution in [2.24, 2.45) is 0 Å². The SMILES string of the molecule is N#Cc1ccc(N2CCc3c(ncnc3Nc3ccc(C(=O)NCC(F)(F)F)nn3)C2)cc1Cl. The molecule has 1 aliphatic rings. The number of fused-ring (bicyclic) bond motifs is 1. The molecule has 13 heteroatoms. The maximum atomic E-state index is 12.3. The molecule has 4 rings (SSSR count). The number of nitrogens with one attached hydrogen (secondary N) is 2. The van der Waals surface area contributed by atoms with Gasteiger partial charge < -0.3 is 15.5 Å². The van der Waals surface area contributed by atoms with Crippen LogP contribution in [0.2, 0.25) is 5.02 Å². The summed E-state index contributed by atoms with van der Waals surface area (Å²) in [4.78, 5) is 22.5. The molecule has 0 fully saturated rings. The van der Waals surface area contributed by atoms with E-state index in [1.807, 2.05) is 12.1 Å². The molecule has 0 saturated carbocycles. The molecule has 0 spiro atoms. The van der Waals surface area contributed by atoms with Crippen LogP contribution in [0, 0.1) is 11.3 Å². The molecule has 0 aliphatic carbocycles. The highest BCUT2D eigenvalue weighted by atomic mass is 35.5. The number of anilines is 3. The number of amides is 1. The summed E-state index contributed by atoms with van der Waals surface area (Å²) in [5.41, 5.74) is 2.71. The highest BCUT2D eigenvalue weighted by Crippen LogP contribution is 2.30. The molecule has 0 saturated heterocycles. The molecule has 0 radical (unpaired) electrons. The Morgan fingerprint density at radius 3 is 2.71 bits per heavy atom. The standard InChI is InChI=1S/C21H16ClF3N8O/c22-15-7-13(2-1-12(15)8-26)33-6-5-14-17(9-33)28-11-29-19(14)30-18-4-3-16(31-32-18)20(34)27-10-21(23,24)25/h1-4,7,11H,5-6,9-10H2,(H,27,34)(H,28,29,30,32). The fourth-order valence-corrected chi connectivity index (χ4v) is 3.60. The normalized spacial score (nSPS) is 13.1. The van der Waals surface area contributed by atoms with E-state index in [0.29, 0.717) is 35.9 Å². The highest BCUT2D eigenvalue weighted by Gasteiger charge is 2.28. The average Bonchev–Trinajstić information content (AvgIpc) is 2.82. The van der Waals surface area contributed by atoms with E-state index in [9.17, 15) is 18.0 Å². The van der Waals surface area contributed by atoms with Crippen LogP contribution in [-0.2, 0) is 13.0 Å². The summed E-state index contributed by atoms with van der Waals surface area (Å²) in [5, 5.41) is 21.7. The summed E-state index contributed by atoms with van der Waals surface area (Å²) in [6.45, 7) is -0.299. The number of carbonyl (C=O) groups excluding carboxylic acids is 1. The van der Waals surface area contributed by atoms with E-state index in [0.717, 1.165) is 16.9 Å². The first-order valence-electron chi connectivity index (χ1n) is 9.96. The number of halogens is 4. The Labute approximate surface area is 196 Å². The fourth-order valence-electron chi connectivity index (χ4n) is 3.39. The van der Waals surface area contributed by atoms with Gasteiger partial charge in [-0.3, -0.25) is 4.79 Å². The predicted molar refractivity (Wildman–Crippen MR) is 117 cm³/mol. The van der Waals surface area contributed by atoms with Crippen molar-refractivity contribution in [3.63, 3.8) is 0 Å². The summed E-state index contributed by atoms with van der Waals surface area (Å²) in [5.74, 6) is -0.181. The van der Waals surface area contributed by atoms with E-state index in [1.165, 1.54) is 18.5 Å². The van der Waals surface area contributed by atoms with Gasteiger partial charge in [-0.25, -0.2) is 9.97 Å². The van der Waals surface area contributed by atoms with Crippen LogP contribution < -0.4 is 15.5 Å². The molecule has 3 aromatic rings. The first-order valence-corrected chi connectivity index (χ1v) is 10.3. The Bertz CT molecular complexity index is 1260. The molecule has 1 amide bonds. The summed E-state index contributed by atoms with van der Waals surface area (Å²) in [7, 11) is 0. The smallest absolute Gasteiger partial charge is 0.365 e. The van der Waals surface area contributed by atoms with Gasteiger partial charge in [0, 0.05) is 17.8 Å². The van der Waals surface area contributed by atoms with Crippen molar-refractivity contribution in [2.75, 3.05) is 23.3 Å². The maximum absolute atomic E-state index is 12.3. The second-order valence-corrected chi connectivity index (χ2v) is 7.73. The van der Waals surface area contributed by atoms with Gasteiger partial charge in [-0.1, -0.05) is 11.6 Å². The van der Waals surface area contributed by atoms with Crippen molar-refractivity contribution >= 4 is 34.8 Å². The zero-order chi connectivity index (χ0) is 24.3. The molecular formula is C21H16ClF3N8O. The second kappa shape index (κ2) is 9.48. The van der Waals surface area contributed by atoms with E-state index in [4.69, 9.17) is 16.9 Å². The largest absolute Gasteiger partial charge is 0.405 e. The first kappa shape index (κ1) is 23.2. The van der Waals surface area contributed by atoms with Crippen molar-refractivity contribution in [2.45, 2.75) is 19.1 Å². The number of hydrogen-bond acceptors (Lipinski definition) is 8. The Kier molecular flexibility index (Phi) is 6.47. The lowest BCUT2D eigenvalue weighted by atomic mass is 10.0. The maximum Gasteiger partial charge on any atom is 0.405 e. The molecule has 9 nitrogen and oxygen atoms in total. The first-order chi connectivity index (χ1) is 16.2. The lowest BCUT2D eigenvalue weighted by Crippen LogP contribution is -2.34. The molecule has 34 heavy (non-hydrogen) atoms. The second-order valence-electron chi connectivity index (χ2n) is 7.32. The lowest BCUT2D eigenvalue weighted by Gasteiger charge is -2.30. The van der Waals surface area contributed by atoms with Gasteiger partial charge in [-0.05, 0) is 36.8 Å². The van der Waals surface area contributed by atoms with E-state index in [1.54, 1.807) is 17.4 Å². The number of alkyl halides is 3. The number of rotatable bonds is 5. The minimum absolute atomic E-state index is 0.240. The zero-order valence-electron chi connectivity index (χ0n) is 17.4. The lowest BCUT2D eigenvalue weighted by molar-refractivity contribution is -0.123. The van der Waals surface area contributed by atoms with Crippen LogP contribution in [0.25, 0.3) is 0 Å². The number of nitriles is 1. The molecule has 174 valence electrons. The average molecular weight is 489 g/mol. The predicted octanol–water partition coefficient (Wildman–Crippen LogP) is 3.39. The van der Waals surface area contributed by atoms with E-state index in [-0.39, 0.29) is 11.5 Å². The van der Waals surface area contributed by atoms with Gasteiger partial charge in [0.1, 0.15) is 24.8 Å². The van der Waals surface area contributed by atoms with Crippen LogP contribution in [0.15, 0.2) is 36.7 Å². The van der Waals surface area contributed by atoms with Crippen LogP contribution in [0.3, 0.4) is 0 Å². The summed E-state index contributed by atoms with van der Waals surface area (Å²) < 4.78 is 36.8. The van der Waals surface area contributed by atoms with Crippen molar-refractivity contribution < 1.29 is 18.0 Å². The molecule has 2 N–H and O–H groups in total. The molecule has 2 aromatic heterocycles. The number of aromatic nitrogens is 4. The molecule has 1 aromatic carbocycles. The molecule has 0 bridgehead atoms. The van der Waals surface area contributed by atoms with E-state index < -0.39 is 18.6 Å². The summed E-state index contributed by atoms with van der Waals surface area (Å²) >= 11 is 6.16. The minimum atomic E-state index is -4.52. The van der Waals surface area contributed by atoms with Crippen LogP contribution in [0.4, 0.5) is 30.5 Å². The number of carbonyl (C=O) groups is 1. The zero-order valence-corrected chi connectivity index (χ0v) is 18.2. The van der Waals surface area contributed by atoms with Gasteiger partial charge in [0.15, 0.2) is 11.5 Å². The van der Waals surface area contributed by atoms with Gasteiger partial charge in [0.25, 0.3) is 5.91 Å². The third kappa shape index (κ3) is 5.32. The minimum Gasteiger partial charge on any atom is -0.365 e. The van der Waals surface area contributed by atoms with Crippen molar-refractivity contribution in [1.82, 2.24) is 25.5 Å².